The molecule has 0 aliphatic carbocycles. The number of hydrogen-bond acceptors (Lipinski definition) is 10. The molecule has 0 saturated heterocycles. The highest BCUT2D eigenvalue weighted by atomic mass is 35.5. The number of carbonyl (C=O) groups is 3. The van der Waals surface area contributed by atoms with E-state index in [1.807, 2.05) is 9.97 Å². The summed E-state index contributed by atoms with van der Waals surface area (Å²) in [6.45, 7) is 0. The van der Waals surface area contributed by atoms with Crippen LogP contribution in [-0.2, 0) is 0 Å². The van der Waals surface area contributed by atoms with Gasteiger partial charge in [0.05, 0.1) is 33.2 Å². The first kappa shape index (κ1) is 40.8. The lowest BCUT2D eigenvalue weighted by Crippen LogP contribution is -2.26. The van der Waals surface area contributed by atoms with Gasteiger partial charge in [0.25, 0.3) is 11.5 Å². The SMILES string of the molecule is Nc1c(F)cccc1Cl.O=C(Nc1c(F)cccc1Cl)c1cnc(Cl)nc1Cl.O=C(O)c1c[nH]c(=O)[nH]c1=O.O=C(O)c1cnc(=O)[nH]c1Cl. The van der Waals surface area contributed by atoms with Gasteiger partial charge in [-0.1, -0.05) is 58.5 Å². The van der Waals surface area contributed by atoms with Crippen molar-refractivity contribution < 1.29 is 33.4 Å². The van der Waals surface area contributed by atoms with Crippen LogP contribution in [0.5, 0.6) is 0 Å². The average molecular weight is 797 g/mol. The summed E-state index contributed by atoms with van der Waals surface area (Å²) in [5.74, 6) is -4.41. The molecule has 0 fully saturated rings. The number of nitrogens with one attached hydrogen (secondary N) is 4. The lowest BCUT2D eigenvalue weighted by molar-refractivity contribution is 0.0684. The third-order valence-electron chi connectivity index (χ3n) is 5.20. The number of carboxylic acids is 2. The number of nitrogens with two attached hydrogens (primary N) is 1. The van der Waals surface area contributed by atoms with E-state index >= 15 is 0 Å². The third-order valence-corrected chi connectivity index (χ3v) is 6.62. The van der Waals surface area contributed by atoms with Crippen LogP contribution in [0.4, 0.5) is 20.2 Å². The molecule has 0 saturated carbocycles. The Morgan fingerprint density at radius 1 is 0.780 bits per heavy atom. The third kappa shape index (κ3) is 12.2. The molecule has 3 aromatic heterocycles. The molecule has 23 heteroatoms. The summed E-state index contributed by atoms with van der Waals surface area (Å²) in [4.78, 5) is 80.1. The van der Waals surface area contributed by atoms with E-state index in [9.17, 15) is 37.5 Å². The minimum Gasteiger partial charge on any atom is -0.478 e. The highest BCUT2D eigenvalue weighted by Gasteiger charge is 2.16. The minimum atomic E-state index is -1.37. The first-order chi connectivity index (χ1) is 23.4. The molecule has 0 aliphatic heterocycles. The van der Waals surface area contributed by atoms with Crippen molar-refractivity contribution in [2.45, 2.75) is 0 Å². The second-order valence-electron chi connectivity index (χ2n) is 8.54. The van der Waals surface area contributed by atoms with Crippen molar-refractivity contribution in [2.24, 2.45) is 0 Å². The number of aromatic nitrogens is 6. The number of carbonyl (C=O) groups excluding carboxylic acids is 1. The summed E-state index contributed by atoms with van der Waals surface area (Å²) in [5, 5.41) is 18.9. The van der Waals surface area contributed by atoms with E-state index in [0.29, 0.717) is 0 Å². The van der Waals surface area contributed by atoms with Gasteiger partial charge in [-0.2, -0.15) is 0 Å². The predicted octanol–water partition coefficient (Wildman–Crippen LogP) is 4.77. The van der Waals surface area contributed by atoms with Crippen LogP contribution in [0.15, 0.2) is 69.4 Å². The standard InChI is InChI=1S/C11H5Cl3FN3O.C6H5ClFN.C5H3ClN2O3.C5H4N2O4/c12-6-2-1-3-7(15)8(6)17-10(19)5-4-16-11(14)18-9(5)13;7-4-2-1-3-5(8)6(4)9;6-3-2(4(9)10)1-7-5(11)8-3;8-3-2(4(9)10)1-6-5(11)7-3/h1-4H,(H,17,19);1-3H,9H2;1H,(H,9,10)(H,7,8,11);1H,(H,9,10)(H2,6,7,8,11). The van der Waals surface area contributed by atoms with Gasteiger partial charge < -0.3 is 26.2 Å². The Balaban J connectivity index is 0.000000243. The van der Waals surface area contributed by atoms with E-state index in [1.165, 1.54) is 30.3 Å². The number of anilines is 2. The number of aromatic carboxylic acids is 2. The number of carboxylic acid groups (broad SMARTS) is 2. The van der Waals surface area contributed by atoms with Gasteiger partial charge in [0.15, 0.2) is 0 Å². The molecule has 0 radical (unpaired) electrons. The van der Waals surface area contributed by atoms with Gasteiger partial charge >= 0.3 is 23.3 Å². The maximum Gasteiger partial charge on any atom is 0.346 e. The number of nitrogen functional groups attached to an aromatic ring is 1. The Morgan fingerprint density at radius 2 is 1.36 bits per heavy atom. The molecule has 262 valence electrons. The van der Waals surface area contributed by atoms with Crippen molar-refractivity contribution in [3.63, 3.8) is 0 Å². The lowest BCUT2D eigenvalue weighted by Gasteiger charge is -2.08. The molecule has 1 amide bonds. The summed E-state index contributed by atoms with van der Waals surface area (Å²) in [6, 6.07) is 8.35. The number of aromatic amines is 3. The average Bonchev–Trinajstić information content (AvgIpc) is 3.02. The summed E-state index contributed by atoms with van der Waals surface area (Å²) in [7, 11) is 0. The van der Waals surface area contributed by atoms with Gasteiger partial charge in [0.1, 0.15) is 33.1 Å². The topological polar surface area (TPSA) is 267 Å². The van der Waals surface area contributed by atoms with E-state index in [-0.39, 0.29) is 48.1 Å². The lowest BCUT2D eigenvalue weighted by atomic mass is 10.2. The summed E-state index contributed by atoms with van der Waals surface area (Å²) >= 11 is 27.8. The van der Waals surface area contributed by atoms with E-state index < -0.39 is 52.0 Å². The number of nitrogens with zero attached hydrogens (tertiary/aromatic N) is 3. The molecule has 8 N–H and O–H groups in total. The Kier molecular flexibility index (Phi) is 15.5. The fraction of sp³-hybridized carbons (Fsp3) is 0. The number of para-hydroxylation sites is 2. The molecule has 0 aliphatic rings. The number of benzene rings is 2. The van der Waals surface area contributed by atoms with Crippen LogP contribution in [0.25, 0.3) is 0 Å². The van der Waals surface area contributed by atoms with Crippen molar-refractivity contribution in [1.82, 2.24) is 29.9 Å². The number of H-pyrrole nitrogens is 3. The molecule has 0 bridgehead atoms. The van der Waals surface area contributed by atoms with Gasteiger partial charge in [-0.25, -0.2) is 42.9 Å². The zero-order chi connectivity index (χ0) is 37.7. The Morgan fingerprint density at radius 3 is 1.86 bits per heavy atom. The number of rotatable bonds is 4. The fourth-order valence-corrected chi connectivity index (χ4v) is 3.87. The molecule has 0 unspecified atom stereocenters. The highest BCUT2D eigenvalue weighted by Crippen LogP contribution is 2.26. The monoisotopic (exact) mass is 794 g/mol. The molecule has 5 rings (SSSR count). The zero-order valence-electron chi connectivity index (χ0n) is 24.1. The van der Waals surface area contributed by atoms with Crippen LogP contribution in [0.1, 0.15) is 31.1 Å². The Labute approximate surface area is 300 Å². The van der Waals surface area contributed by atoms with Crippen molar-refractivity contribution in [2.75, 3.05) is 11.1 Å². The molecule has 5 aromatic rings. The van der Waals surface area contributed by atoms with E-state index in [2.05, 4.69) is 20.3 Å². The van der Waals surface area contributed by atoms with Gasteiger partial charge in [0, 0.05) is 12.4 Å². The number of halogens is 7. The fourth-order valence-electron chi connectivity index (χ4n) is 2.89. The van der Waals surface area contributed by atoms with Gasteiger partial charge in [-0.05, 0) is 35.9 Å². The molecule has 3 heterocycles. The van der Waals surface area contributed by atoms with E-state index in [1.54, 1.807) is 11.1 Å². The van der Waals surface area contributed by atoms with Gasteiger partial charge in [0.2, 0.25) is 5.28 Å². The van der Waals surface area contributed by atoms with Crippen LogP contribution >= 0.6 is 58.0 Å². The molecule has 50 heavy (non-hydrogen) atoms. The predicted molar refractivity (Wildman–Crippen MR) is 179 cm³/mol. The minimum absolute atomic E-state index is 0.0131. The number of amides is 1. The maximum absolute atomic E-state index is 13.5. The van der Waals surface area contributed by atoms with E-state index in [4.69, 9.17) is 74.0 Å². The molecular formula is C27H17Cl5F2N8O8. The highest BCUT2D eigenvalue weighted by molar-refractivity contribution is 6.36. The summed E-state index contributed by atoms with van der Waals surface area (Å²) < 4.78 is 25.9. The van der Waals surface area contributed by atoms with Crippen molar-refractivity contribution in [3.8, 4) is 0 Å². The van der Waals surface area contributed by atoms with Crippen LogP contribution in [0, 0.1) is 11.6 Å². The zero-order valence-corrected chi connectivity index (χ0v) is 27.9. The second kappa shape index (κ2) is 19.0. The largest absolute Gasteiger partial charge is 0.478 e. The van der Waals surface area contributed by atoms with Crippen molar-refractivity contribution >= 4 is 87.2 Å². The molecule has 0 atom stereocenters. The molecular weight excluding hydrogens is 780 g/mol. The van der Waals surface area contributed by atoms with Crippen molar-refractivity contribution in [3.05, 3.63) is 140 Å². The smallest absolute Gasteiger partial charge is 0.346 e. The van der Waals surface area contributed by atoms with Gasteiger partial charge in [-0.3, -0.25) is 19.6 Å². The molecule has 0 spiro atoms. The quantitative estimate of drug-likeness (QED) is 0.0737. The normalized spacial score (nSPS) is 9.82. The first-order valence-corrected chi connectivity index (χ1v) is 14.5. The van der Waals surface area contributed by atoms with Crippen LogP contribution in [0.3, 0.4) is 0 Å². The van der Waals surface area contributed by atoms with E-state index in [0.717, 1.165) is 18.6 Å². The van der Waals surface area contributed by atoms with Gasteiger partial charge in [-0.15, -0.1) is 0 Å². The molecule has 16 nitrogen and oxygen atoms in total. The van der Waals surface area contributed by atoms with Crippen molar-refractivity contribution in [1.29, 1.82) is 0 Å². The first-order valence-electron chi connectivity index (χ1n) is 12.6. The summed E-state index contributed by atoms with van der Waals surface area (Å²) in [6.07, 6.45) is 2.90. The second-order valence-corrected chi connectivity index (χ2v) is 10.4. The van der Waals surface area contributed by atoms with Crippen LogP contribution in [-0.4, -0.2) is 58.0 Å². The maximum atomic E-state index is 13.5. The summed E-state index contributed by atoms with van der Waals surface area (Å²) in [5.41, 5.74) is 2.02. The Hall–Kier alpha value is -5.40. The molecule has 2 aromatic carbocycles. The van der Waals surface area contributed by atoms with Crippen LogP contribution in [0.2, 0.25) is 25.6 Å². The number of hydrogen-bond donors (Lipinski definition) is 7. The van der Waals surface area contributed by atoms with Crippen LogP contribution < -0.4 is 28.0 Å². The Bertz CT molecular complexity index is 2180.